The molecule has 21 heavy (non-hydrogen) atoms. The van der Waals surface area contributed by atoms with Crippen LogP contribution in [0.4, 0.5) is 20.8 Å². The lowest BCUT2D eigenvalue weighted by molar-refractivity contribution is -0.00000451. The predicted octanol–water partition coefficient (Wildman–Crippen LogP) is 1.25. The van der Waals surface area contributed by atoms with E-state index in [4.69, 9.17) is 5.73 Å². The first-order chi connectivity index (χ1) is 9.72. The van der Waals surface area contributed by atoms with Crippen molar-refractivity contribution in [2.75, 3.05) is 5.32 Å². The molecule has 0 aliphatic carbocycles. The zero-order chi connectivity index (χ0) is 13.7. The molecule has 6 heteroatoms. The number of nitrogens with zero attached hydrogens (tertiary/aromatic N) is 1. The molecular formula is C15H11ClFN3S. The van der Waals surface area contributed by atoms with E-state index >= 15 is 0 Å². The average molecular weight is 320 g/mol. The molecule has 2 heterocycles. The van der Waals surface area contributed by atoms with E-state index in [1.54, 1.807) is 17.4 Å². The highest BCUT2D eigenvalue weighted by molar-refractivity contribution is 7.23. The van der Waals surface area contributed by atoms with Gasteiger partial charge in [-0.3, -0.25) is 0 Å². The van der Waals surface area contributed by atoms with E-state index in [9.17, 15) is 4.39 Å². The normalized spacial score (nSPS) is 12.5. The first kappa shape index (κ1) is 13.9. The van der Waals surface area contributed by atoms with Gasteiger partial charge in [0.25, 0.3) is 0 Å². The minimum absolute atomic E-state index is 0. The molecule has 4 rings (SSSR count). The summed E-state index contributed by atoms with van der Waals surface area (Å²) in [6, 6.07) is 12.5. The van der Waals surface area contributed by atoms with E-state index < -0.39 is 0 Å². The highest BCUT2D eigenvalue weighted by Crippen LogP contribution is 2.41. The van der Waals surface area contributed by atoms with Crippen molar-refractivity contribution < 1.29 is 18.2 Å². The molecule has 0 amide bonds. The maximum Gasteiger partial charge on any atom is 1.00 e. The summed E-state index contributed by atoms with van der Waals surface area (Å²) in [4.78, 5) is 4.42. The molecule has 0 saturated heterocycles. The van der Waals surface area contributed by atoms with Gasteiger partial charge < -0.3 is 23.5 Å². The fourth-order valence-electron chi connectivity index (χ4n) is 2.40. The van der Waals surface area contributed by atoms with Gasteiger partial charge in [-0.1, -0.05) is 18.2 Å². The molecule has 1 aromatic heterocycles. The Morgan fingerprint density at radius 3 is 2.86 bits per heavy atom. The van der Waals surface area contributed by atoms with Gasteiger partial charge in [0.15, 0.2) is 0 Å². The van der Waals surface area contributed by atoms with Crippen molar-refractivity contribution in [3.8, 4) is 0 Å². The molecule has 0 radical (unpaired) electrons. The Kier molecular flexibility index (Phi) is 3.31. The number of hydrogen-bond acceptors (Lipinski definition) is 4. The van der Waals surface area contributed by atoms with Crippen molar-refractivity contribution >= 4 is 43.6 Å². The van der Waals surface area contributed by atoms with Crippen molar-refractivity contribution in [3.63, 3.8) is 0 Å². The Labute approximate surface area is 132 Å². The van der Waals surface area contributed by atoms with Gasteiger partial charge >= 0.3 is 1.43 Å². The van der Waals surface area contributed by atoms with Gasteiger partial charge in [-0.05, 0) is 24.3 Å². The number of aliphatic imine (C=N–C) groups is 1. The highest BCUT2D eigenvalue weighted by Gasteiger charge is 2.20. The Morgan fingerprint density at radius 1 is 1.19 bits per heavy atom. The van der Waals surface area contributed by atoms with Crippen LogP contribution >= 0.6 is 11.3 Å². The fourth-order valence-corrected chi connectivity index (χ4v) is 3.53. The summed E-state index contributed by atoms with van der Waals surface area (Å²) in [5.41, 5.74) is 8.31. The summed E-state index contributed by atoms with van der Waals surface area (Å²) in [6.45, 7) is 0. The first-order valence-corrected chi connectivity index (χ1v) is 6.96. The Morgan fingerprint density at radius 2 is 2.00 bits per heavy atom. The second kappa shape index (κ2) is 5.02. The molecule has 3 aromatic rings. The average Bonchev–Trinajstić information content (AvgIpc) is 2.73. The highest BCUT2D eigenvalue weighted by atomic mass is 35.5. The maximum atomic E-state index is 13.4. The van der Waals surface area contributed by atoms with E-state index in [0.717, 1.165) is 20.7 Å². The minimum Gasteiger partial charge on any atom is -1.00 e. The SMILES string of the molecule is NC1=Nc2ccc(F)cc2Nc2sc3ccccc3c21.[Cl-].[H+]. The van der Waals surface area contributed by atoms with Crippen LogP contribution in [0.5, 0.6) is 0 Å². The van der Waals surface area contributed by atoms with Crippen molar-refractivity contribution in [2.24, 2.45) is 10.7 Å². The molecule has 106 valence electrons. The standard InChI is InChI=1S/C15H10FN3S.ClH/c16-8-5-6-10-11(7-8)19-15-13(14(17)18-10)9-3-1-2-4-12(9)20-15;/h1-7,19H,(H2,17,18);1H. The Bertz CT molecular complexity index is 878. The number of benzene rings is 2. The minimum atomic E-state index is -0.297. The Balaban J connectivity index is 0.000000882. The smallest absolute Gasteiger partial charge is 1.00 e. The summed E-state index contributed by atoms with van der Waals surface area (Å²) in [5, 5.41) is 5.21. The lowest BCUT2D eigenvalue weighted by Crippen LogP contribution is -3.00. The maximum absolute atomic E-state index is 13.4. The van der Waals surface area contributed by atoms with Crippen LogP contribution in [0.25, 0.3) is 10.1 Å². The van der Waals surface area contributed by atoms with Gasteiger partial charge in [0.1, 0.15) is 16.7 Å². The van der Waals surface area contributed by atoms with Gasteiger partial charge in [0.05, 0.1) is 16.9 Å². The zero-order valence-electron chi connectivity index (χ0n) is 11.7. The molecule has 1 aliphatic heterocycles. The third kappa shape index (κ3) is 2.14. The van der Waals surface area contributed by atoms with E-state index in [0.29, 0.717) is 17.2 Å². The molecular weight excluding hydrogens is 309 g/mol. The summed E-state index contributed by atoms with van der Waals surface area (Å²) >= 11 is 1.59. The molecule has 0 unspecified atom stereocenters. The third-order valence-electron chi connectivity index (χ3n) is 3.30. The lowest BCUT2D eigenvalue weighted by atomic mass is 10.1. The molecule has 0 fully saturated rings. The molecule has 3 N–H and O–H groups in total. The molecule has 0 atom stereocenters. The number of nitrogens with one attached hydrogen (secondary N) is 1. The number of amidine groups is 1. The number of anilines is 2. The van der Waals surface area contributed by atoms with Crippen molar-refractivity contribution in [3.05, 3.63) is 53.8 Å². The zero-order valence-corrected chi connectivity index (χ0v) is 12.3. The number of halogens is 2. The second-order valence-corrected chi connectivity index (χ2v) is 5.64. The number of fused-ring (bicyclic) bond motifs is 4. The van der Waals surface area contributed by atoms with Crippen molar-refractivity contribution in [1.29, 1.82) is 0 Å². The van der Waals surface area contributed by atoms with Crippen LogP contribution in [0.1, 0.15) is 6.99 Å². The van der Waals surface area contributed by atoms with Crippen LogP contribution in [-0.2, 0) is 0 Å². The van der Waals surface area contributed by atoms with Gasteiger partial charge in [-0.15, -0.1) is 11.3 Å². The Hall–Kier alpha value is -2.11. The van der Waals surface area contributed by atoms with Crippen LogP contribution in [-0.4, -0.2) is 5.84 Å². The molecule has 0 saturated carbocycles. The largest absolute Gasteiger partial charge is 1.00 e. The summed E-state index contributed by atoms with van der Waals surface area (Å²) in [7, 11) is 0. The van der Waals surface area contributed by atoms with Crippen LogP contribution < -0.4 is 23.5 Å². The van der Waals surface area contributed by atoms with E-state index in [-0.39, 0.29) is 19.7 Å². The molecule has 0 bridgehead atoms. The van der Waals surface area contributed by atoms with Crippen molar-refractivity contribution in [1.82, 2.24) is 0 Å². The monoisotopic (exact) mass is 319 g/mol. The summed E-state index contributed by atoms with van der Waals surface area (Å²) in [6.07, 6.45) is 0. The quantitative estimate of drug-likeness (QED) is 0.655. The molecule has 2 aromatic carbocycles. The topological polar surface area (TPSA) is 50.4 Å². The molecule has 0 spiro atoms. The van der Waals surface area contributed by atoms with Crippen molar-refractivity contribution in [2.45, 2.75) is 0 Å². The van der Waals surface area contributed by atoms with Crippen LogP contribution in [0.2, 0.25) is 0 Å². The molecule has 3 nitrogen and oxygen atoms in total. The number of thiophene rings is 1. The predicted molar refractivity (Wildman–Crippen MR) is 83.0 cm³/mol. The third-order valence-corrected chi connectivity index (χ3v) is 4.39. The van der Waals surface area contributed by atoms with Gasteiger partial charge in [-0.25, -0.2) is 9.38 Å². The fraction of sp³-hybridized carbons (Fsp3) is 0. The summed E-state index contributed by atoms with van der Waals surface area (Å²) in [5.74, 6) is 0.157. The van der Waals surface area contributed by atoms with E-state index in [1.165, 1.54) is 12.1 Å². The van der Waals surface area contributed by atoms with Crippen LogP contribution in [0.3, 0.4) is 0 Å². The van der Waals surface area contributed by atoms with Gasteiger partial charge in [-0.2, -0.15) is 0 Å². The number of rotatable bonds is 0. The van der Waals surface area contributed by atoms with Gasteiger partial charge in [0, 0.05) is 10.1 Å². The van der Waals surface area contributed by atoms with Gasteiger partial charge in [0.2, 0.25) is 0 Å². The lowest BCUT2D eigenvalue weighted by Gasteiger charge is -2.05. The first-order valence-electron chi connectivity index (χ1n) is 6.15. The molecule has 1 aliphatic rings. The van der Waals surface area contributed by atoms with Crippen LogP contribution in [0.15, 0.2) is 47.5 Å². The summed E-state index contributed by atoms with van der Waals surface area (Å²) < 4.78 is 14.5. The number of nitrogens with two attached hydrogens (primary N) is 1. The van der Waals surface area contributed by atoms with E-state index in [1.807, 2.05) is 24.3 Å². The van der Waals surface area contributed by atoms with E-state index in [2.05, 4.69) is 10.3 Å². The second-order valence-electron chi connectivity index (χ2n) is 4.59. The number of hydrogen-bond donors (Lipinski definition) is 2. The van der Waals surface area contributed by atoms with Crippen LogP contribution in [0, 0.1) is 5.82 Å².